The second kappa shape index (κ2) is 3.66. The molecule has 0 fully saturated rings. The number of aliphatic hydroxyl groups is 1. The van der Waals surface area contributed by atoms with Gasteiger partial charge < -0.3 is 9.67 Å². The molecule has 6 nitrogen and oxygen atoms in total. The molecule has 0 radical (unpaired) electrons. The molecule has 2 heterocycles. The molecular formula is C9H10N4O2. The van der Waals surface area contributed by atoms with Gasteiger partial charge in [0, 0.05) is 19.3 Å². The minimum absolute atomic E-state index is 0.117. The lowest BCUT2D eigenvalue weighted by atomic mass is 10.4. The summed E-state index contributed by atoms with van der Waals surface area (Å²) in [5, 5.41) is 16.3. The van der Waals surface area contributed by atoms with Crippen molar-refractivity contribution in [1.29, 1.82) is 0 Å². The number of rotatable bonds is 2. The largest absolute Gasteiger partial charge is 0.390 e. The van der Waals surface area contributed by atoms with Crippen LogP contribution in [0.4, 0.5) is 0 Å². The monoisotopic (exact) mass is 206 g/mol. The van der Waals surface area contributed by atoms with Crippen LogP contribution in [0.1, 0.15) is 5.69 Å². The van der Waals surface area contributed by atoms with Gasteiger partial charge in [0.15, 0.2) is 0 Å². The van der Waals surface area contributed by atoms with Crippen LogP contribution in [0.15, 0.2) is 29.3 Å². The summed E-state index contributed by atoms with van der Waals surface area (Å²) in [6.07, 6.45) is 3.23. The Kier molecular flexibility index (Phi) is 2.34. The Morgan fingerprint density at radius 1 is 1.53 bits per heavy atom. The van der Waals surface area contributed by atoms with Crippen LogP contribution in [0, 0.1) is 0 Å². The third kappa shape index (κ3) is 1.79. The number of hydrogen-bond acceptors (Lipinski definition) is 4. The van der Waals surface area contributed by atoms with E-state index < -0.39 is 0 Å². The Morgan fingerprint density at radius 2 is 2.33 bits per heavy atom. The molecule has 1 N–H and O–H groups in total. The first kappa shape index (κ1) is 9.60. The van der Waals surface area contributed by atoms with Crippen molar-refractivity contribution in [3.63, 3.8) is 0 Å². The fourth-order valence-electron chi connectivity index (χ4n) is 1.18. The van der Waals surface area contributed by atoms with Gasteiger partial charge in [-0.15, -0.1) is 5.10 Å². The van der Waals surface area contributed by atoms with Crippen molar-refractivity contribution in [3.05, 3.63) is 40.6 Å². The van der Waals surface area contributed by atoms with Crippen molar-refractivity contribution in [2.75, 3.05) is 0 Å². The van der Waals surface area contributed by atoms with Crippen molar-refractivity contribution >= 4 is 0 Å². The summed E-state index contributed by atoms with van der Waals surface area (Å²) >= 11 is 0. The topological polar surface area (TPSA) is 72.9 Å². The highest BCUT2D eigenvalue weighted by atomic mass is 16.3. The Hall–Kier alpha value is -1.95. The van der Waals surface area contributed by atoms with Gasteiger partial charge in [-0.25, -0.2) is 4.68 Å². The van der Waals surface area contributed by atoms with Gasteiger partial charge in [0.2, 0.25) is 0 Å². The predicted octanol–water partition coefficient (Wildman–Crippen LogP) is -0.542. The zero-order valence-electron chi connectivity index (χ0n) is 8.16. The van der Waals surface area contributed by atoms with Gasteiger partial charge in [-0.1, -0.05) is 5.21 Å². The molecule has 0 unspecified atom stereocenters. The maximum atomic E-state index is 11.3. The number of hydrogen-bond donors (Lipinski definition) is 1. The highest BCUT2D eigenvalue weighted by molar-refractivity contribution is 5.27. The molecule has 0 aliphatic carbocycles. The summed E-state index contributed by atoms with van der Waals surface area (Å²) in [6.45, 7) is -0.162. The lowest BCUT2D eigenvalue weighted by molar-refractivity contribution is 0.276. The number of aromatic nitrogens is 4. The molecule has 0 amide bonds. The van der Waals surface area contributed by atoms with Gasteiger partial charge in [-0.2, -0.15) is 0 Å². The molecule has 0 spiro atoms. The minimum Gasteiger partial charge on any atom is -0.390 e. The van der Waals surface area contributed by atoms with E-state index in [1.807, 2.05) is 0 Å². The standard InChI is InChI=1S/C9H10N4O2/c1-12-3-2-8(4-9(12)15)13-5-7(6-14)10-11-13/h2-5,14H,6H2,1H3. The Bertz CT molecular complexity index is 529. The molecule has 0 saturated heterocycles. The van der Waals surface area contributed by atoms with Crippen LogP contribution >= 0.6 is 0 Å². The first-order valence-corrected chi connectivity index (χ1v) is 4.40. The van der Waals surface area contributed by atoms with E-state index in [4.69, 9.17) is 5.11 Å². The van der Waals surface area contributed by atoms with Gasteiger partial charge in [0.1, 0.15) is 5.69 Å². The average molecular weight is 206 g/mol. The van der Waals surface area contributed by atoms with Crippen molar-refractivity contribution in [2.24, 2.45) is 7.05 Å². The third-order valence-electron chi connectivity index (χ3n) is 2.06. The second-order valence-electron chi connectivity index (χ2n) is 3.15. The number of aryl methyl sites for hydroxylation is 1. The van der Waals surface area contributed by atoms with E-state index in [2.05, 4.69) is 10.3 Å². The molecule has 15 heavy (non-hydrogen) atoms. The summed E-state index contributed by atoms with van der Waals surface area (Å²) < 4.78 is 2.92. The van der Waals surface area contributed by atoms with Crippen LogP contribution in [0.5, 0.6) is 0 Å². The summed E-state index contributed by atoms with van der Waals surface area (Å²) in [4.78, 5) is 11.3. The molecule has 2 rings (SSSR count). The fourth-order valence-corrected chi connectivity index (χ4v) is 1.18. The molecule has 0 aromatic carbocycles. The fraction of sp³-hybridized carbons (Fsp3) is 0.222. The molecular weight excluding hydrogens is 196 g/mol. The molecule has 0 bridgehead atoms. The van der Waals surface area contributed by atoms with Gasteiger partial charge in [0.25, 0.3) is 5.56 Å². The maximum absolute atomic E-state index is 11.3. The second-order valence-corrected chi connectivity index (χ2v) is 3.15. The average Bonchev–Trinajstić information content (AvgIpc) is 2.70. The van der Waals surface area contributed by atoms with Gasteiger partial charge in [-0.05, 0) is 6.07 Å². The molecule has 0 atom stereocenters. The van der Waals surface area contributed by atoms with Crippen molar-refractivity contribution < 1.29 is 5.11 Å². The normalized spacial score (nSPS) is 10.5. The number of aliphatic hydroxyl groups excluding tert-OH is 1. The first-order chi connectivity index (χ1) is 7.20. The van der Waals surface area contributed by atoms with E-state index in [9.17, 15) is 4.79 Å². The predicted molar refractivity (Wildman–Crippen MR) is 52.5 cm³/mol. The molecule has 0 saturated carbocycles. The lowest BCUT2D eigenvalue weighted by Crippen LogP contribution is -2.15. The molecule has 78 valence electrons. The highest BCUT2D eigenvalue weighted by Gasteiger charge is 2.02. The van der Waals surface area contributed by atoms with E-state index in [0.717, 1.165) is 0 Å². The molecule has 2 aromatic rings. The zero-order valence-corrected chi connectivity index (χ0v) is 8.16. The Morgan fingerprint density at radius 3 is 2.93 bits per heavy atom. The Labute approximate surface area is 85.4 Å². The van der Waals surface area contributed by atoms with Crippen LogP contribution in [-0.2, 0) is 13.7 Å². The zero-order chi connectivity index (χ0) is 10.8. The summed E-state index contributed by atoms with van der Waals surface area (Å²) in [6, 6.07) is 3.20. The van der Waals surface area contributed by atoms with Gasteiger partial charge in [0.05, 0.1) is 18.5 Å². The molecule has 2 aromatic heterocycles. The van der Waals surface area contributed by atoms with Crippen LogP contribution in [0.25, 0.3) is 5.69 Å². The third-order valence-corrected chi connectivity index (χ3v) is 2.06. The quantitative estimate of drug-likeness (QED) is 0.716. The van der Waals surface area contributed by atoms with E-state index in [1.54, 1.807) is 25.5 Å². The molecule has 6 heteroatoms. The van der Waals surface area contributed by atoms with Crippen molar-refractivity contribution in [1.82, 2.24) is 19.6 Å². The van der Waals surface area contributed by atoms with E-state index >= 15 is 0 Å². The first-order valence-electron chi connectivity index (χ1n) is 4.40. The summed E-state index contributed by atoms with van der Waals surface area (Å²) in [5.41, 5.74) is 0.981. The van der Waals surface area contributed by atoms with Gasteiger partial charge >= 0.3 is 0 Å². The van der Waals surface area contributed by atoms with Crippen LogP contribution in [0.2, 0.25) is 0 Å². The highest BCUT2D eigenvalue weighted by Crippen LogP contribution is 2.02. The SMILES string of the molecule is Cn1ccc(-n2cc(CO)nn2)cc1=O. The van der Waals surface area contributed by atoms with Crippen LogP contribution < -0.4 is 5.56 Å². The van der Waals surface area contributed by atoms with Crippen molar-refractivity contribution in [2.45, 2.75) is 6.61 Å². The minimum atomic E-state index is -0.162. The lowest BCUT2D eigenvalue weighted by Gasteiger charge is -2.00. The van der Waals surface area contributed by atoms with E-state index in [-0.39, 0.29) is 12.2 Å². The molecule has 0 aliphatic heterocycles. The van der Waals surface area contributed by atoms with Gasteiger partial charge in [-0.3, -0.25) is 4.79 Å². The van der Waals surface area contributed by atoms with Crippen LogP contribution in [-0.4, -0.2) is 24.7 Å². The van der Waals surface area contributed by atoms with Crippen molar-refractivity contribution in [3.8, 4) is 5.69 Å². The number of nitrogens with zero attached hydrogens (tertiary/aromatic N) is 4. The molecule has 0 aliphatic rings. The number of pyridine rings is 1. The Balaban J connectivity index is 2.45. The smallest absolute Gasteiger partial charge is 0.252 e. The van der Waals surface area contributed by atoms with E-state index in [0.29, 0.717) is 11.4 Å². The van der Waals surface area contributed by atoms with Crippen LogP contribution in [0.3, 0.4) is 0 Å². The maximum Gasteiger partial charge on any atom is 0.252 e. The summed E-state index contributed by atoms with van der Waals surface area (Å²) in [5.74, 6) is 0. The van der Waals surface area contributed by atoms with E-state index in [1.165, 1.54) is 15.3 Å². The summed E-state index contributed by atoms with van der Waals surface area (Å²) in [7, 11) is 1.67.